The molecule has 0 bridgehead atoms. The van der Waals surface area contributed by atoms with E-state index in [-0.39, 0.29) is 0 Å². The molecule has 1 N–H and O–H groups in total. The summed E-state index contributed by atoms with van der Waals surface area (Å²) in [6.07, 6.45) is 10.1. The summed E-state index contributed by atoms with van der Waals surface area (Å²) in [6.45, 7) is 15.0. The Morgan fingerprint density at radius 2 is 1.04 bits per heavy atom. The molecule has 0 atom stereocenters. The van der Waals surface area contributed by atoms with Gasteiger partial charge in [0.2, 0.25) is 0 Å². The van der Waals surface area contributed by atoms with Crippen LogP contribution in [-0.4, -0.2) is 47.7 Å². The number of carboxylic acid groups (broad SMARTS) is 2. The lowest BCUT2D eigenvalue weighted by Crippen LogP contribution is -2.50. The van der Waals surface area contributed by atoms with Gasteiger partial charge >= 0.3 is 5.97 Å². The van der Waals surface area contributed by atoms with Crippen LogP contribution in [0.5, 0.6) is 0 Å². The Kier molecular flexibility index (Phi) is 17.5. The highest BCUT2D eigenvalue weighted by molar-refractivity contribution is 5.87. The van der Waals surface area contributed by atoms with Crippen molar-refractivity contribution in [1.29, 1.82) is 0 Å². The highest BCUT2D eigenvalue weighted by atomic mass is 16.4. The lowest BCUT2D eigenvalue weighted by Gasteiger charge is -2.39. The predicted octanol–water partition coefficient (Wildman–Crippen LogP) is 3.21. The molecule has 0 rings (SSSR count). The van der Waals surface area contributed by atoms with Crippen LogP contribution in [0, 0.1) is 0 Å². The van der Waals surface area contributed by atoms with E-state index in [1.165, 1.54) is 82.0 Å². The Bertz CT molecular complexity index is 269. The van der Waals surface area contributed by atoms with Gasteiger partial charge in [0.1, 0.15) is 0 Å². The Morgan fingerprint density at radius 3 is 1.17 bits per heavy atom. The minimum Gasteiger partial charge on any atom is -0.550 e. The fourth-order valence-corrected chi connectivity index (χ4v) is 2.77. The first-order valence-corrected chi connectivity index (χ1v) is 9.64. The maximum atomic E-state index is 9.39. The van der Waals surface area contributed by atoms with E-state index in [1.54, 1.807) is 0 Å². The lowest BCUT2D eigenvalue weighted by atomic mass is 10.1. The van der Waals surface area contributed by atoms with E-state index < -0.39 is 18.4 Å². The van der Waals surface area contributed by atoms with Crippen molar-refractivity contribution in [2.24, 2.45) is 0 Å². The number of aliphatic carboxylic acids is 2. The van der Waals surface area contributed by atoms with Crippen molar-refractivity contribution in [3.63, 3.8) is 0 Å². The minimum atomic E-state index is -1.56. The van der Waals surface area contributed by atoms with E-state index in [9.17, 15) is 14.7 Å². The molecule has 144 valence electrons. The summed E-state index contributed by atoms with van der Waals surface area (Å²) < 4.78 is 1.42. The summed E-state index contributed by atoms with van der Waals surface area (Å²) in [5.74, 6) is -2.94. The number of carbonyl (C=O) groups is 2. The van der Waals surface area contributed by atoms with E-state index in [4.69, 9.17) is 5.11 Å². The number of carbonyl (C=O) groups excluding carboxylic acids is 1. The van der Waals surface area contributed by atoms with E-state index in [0.717, 1.165) is 0 Å². The minimum absolute atomic E-state index is 0.917. The topological polar surface area (TPSA) is 77.4 Å². The summed E-state index contributed by atoms with van der Waals surface area (Å²) in [7, 11) is 0. The Hall–Kier alpha value is -1.10. The van der Waals surface area contributed by atoms with Crippen LogP contribution < -0.4 is 5.11 Å². The molecule has 0 fully saturated rings. The first kappa shape index (κ1) is 25.1. The van der Waals surface area contributed by atoms with Crippen LogP contribution in [0.4, 0.5) is 0 Å². The van der Waals surface area contributed by atoms with Crippen LogP contribution >= 0.6 is 0 Å². The summed E-state index contributed by atoms with van der Waals surface area (Å²) >= 11 is 0. The second kappa shape index (κ2) is 16.7. The lowest BCUT2D eigenvalue weighted by molar-refractivity contribution is -0.929. The van der Waals surface area contributed by atoms with Gasteiger partial charge in [0, 0.05) is 0 Å². The average Bonchev–Trinajstić information content (AvgIpc) is 2.53. The zero-order chi connectivity index (χ0) is 18.8. The van der Waals surface area contributed by atoms with E-state index >= 15 is 0 Å². The van der Waals surface area contributed by atoms with Gasteiger partial charge in [-0.3, -0.25) is 4.79 Å². The summed E-state index contributed by atoms with van der Waals surface area (Å²) in [6, 6.07) is 0. The molecule has 0 heterocycles. The average molecular weight is 346 g/mol. The number of rotatable bonds is 14. The quantitative estimate of drug-likeness (QED) is 0.387. The van der Waals surface area contributed by atoms with Gasteiger partial charge in [0.15, 0.2) is 0 Å². The van der Waals surface area contributed by atoms with Crippen LogP contribution in [0.25, 0.3) is 0 Å². The highest BCUT2D eigenvalue weighted by Gasteiger charge is 2.24. The van der Waals surface area contributed by atoms with Gasteiger partial charge in [-0.05, 0) is 25.7 Å². The molecule has 0 amide bonds. The molecule has 0 radical (unpaired) electrons. The fraction of sp³-hybridized carbons (Fsp3) is 0.895. The molecule has 0 spiro atoms. The number of quaternary nitrogens is 1. The number of nitrogens with zero attached hydrogens (tertiary/aromatic N) is 1. The number of hydrogen-bond acceptors (Lipinski definition) is 3. The Balaban J connectivity index is 0. The van der Waals surface area contributed by atoms with Crippen LogP contribution in [0.15, 0.2) is 0 Å². The smallest absolute Gasteiger partial charge is 0.309 e. The van der Waals surface area contributed by atoms with E-state index in [0.29, 0.717) is 0 Å². The largest absolute Gasteiger partial charge is 0.550 e. The number of hydrogen-bond donors (Lipinski definition) is 1. The fourth-order valence-electron chi connectivity index (χ4n) is 2.77. The molecule has 0 saturated heterocycles. The molecule has 0 saturated carbocycles. The molecule has 5 nitrogen and oxygen atoms in total. The van der Waals surface area contributed by atoms with Crippen molar-refractivity contribution in [1.82, 2.24) is 0 Å². The number of carboxylic acids is 2. The van der Waals surface area contributed by atoms with Gasteiger partial charge < -0.3 is 19.5 Å². The zero-order valence-electron chi connectivity index (χ0n) is 16.3. The molecule has 24 heavy (non-hydrogen) atoms. The molecule has 5 heteroatoms. The molecule has 0 aliphatic rings. The van der Waals surface area contributed by atoms with Crippen LogP contribution in [0.3, 0.4) is 0 Å². The third-order valence-electron chi connectivity index (χ3n) is 4.24. The second-order valence-corrected chi connectivity index (χ2v) is 6.59. The summed E-state index contributed by atoms with van der Waals surface area (Å²) in [5.41, 5.74) is 0. The Morgan fingerprint density at radius 1 is 0.750 bits per heavy atom. The second-order valence-electron chi connectivity index (χ2n) is 6.59. The molecule has 0 unspecified atom stereocenters. The SMILES string of the molecule is CCCC[N+](CCCC)(CCCC)CCCC.O=C([O-])CC(=O)O. The molecule has 0 aliphatic carbocycles. The maximum absolute atomic E-state index is 9.39. The summed E-state index contributed by atoms with van der Waals surface area (Å²) in [4.78, 5) is 18.7. The van der Waals surface area contributed by atoms with Crippen LogP contribution in [-0.2, 0) is 9.59 Å². The van der Waals surface area contributed by atoms with Gasteiger partial charge in [0.05, 0.1) is 38.6 Å². The third kappa shape index (κ3) is 15.8. The van der Waals surface area contributed by atoms with Gasteiger partial charge in [0.25, 0.3) is 0 Å². The first-order chi connectivity index (χ1) is 11.4. The van der Waals surface area contributed by atoms with Crippen molar-refractivity contribution in [3.8, 4) is 0 Å². The van der Waals surface area contributed by atoms with Gasteiger partial charge in [-0.1, -0.05) is 53.4 Å². The van der Waals surface area contributed by atoms with Gasteiger partial charge in [-0.25, -0.2) is 0 Å². The highest BCUT2D eigenvalue weighted by Crippen LogP contribution is 2.16. The third-order valence-corrected chi connectivity index (χ3v) is 4.24. The van der Waals surface area contributed by atoms with Gasteiger partial charge in [-0.2, -0.15) is 0 Å². The zero-order valence-corrected chi connectivity index (χ0v) is 16.3. The van der Waals surface area contributed by atoms with E-state index in [2.05, 4.69) is 27.7 Å². The molecule has 0 aromatic rings. The summed E-state index contributed by atoms with van der Waals surface area (Å²) in [5, 5.41) is 17.0. The van der Waals surface area contributed by atoms with Crippen molar-refractivity contribution in [2.45, 2.75) is 85.5 Å². The van der Waals surface area contributed by atoms with Crippen molar-refractivity contribution in [2.75, 3.05) is 26.2 Å². The Labute approximate surface area is 148 Å². The van der Waals surface area contributed by atoms with E-state index in [1.807, 2.05) is 0 Å². The molecule has 0 aliphatic heterocycles. The maximum Gasteiger partial charge on any atom is 0.309 e. The normalized spacial score (nSPS) is 10.8. The molecular formula is C19H39NO4. The monoisotopic (exact) mass is 345 g/mol. The van der Waals surface area contributed by atoms with Crippen molar-refractivity contribution >= 4 is 11.9 Å². The van der Waals surface area contributed by atoms with Crippen molar-refractivity contribution in [3.05, 3.63) is 0 Å². The van der Waals surface area contributed by atoms with Gasteiger partial charge in [-0.15, -0.1) is 0 Å². The molecule has 0 aromatic heterocycles. The molecular weight excluding hydrogens is 306 g/mol. The standard InChI is InChI=1S/C16H36N.C3H4O4/c1-5-9-13-17(14-10-6-2,15-11-7-3)16-12-8-4;4-2(5)1-3(6)7/h5-16H2,1-4H3;1H2,(H,4,5)(H,6,7)/q+1;/p-1. The van der Waals surface area contributed by atoms with Crippen LogP contribution in [0.1, 0.15) is 85.5 Å². The van der Waals surface area contributed by atoms with Crippen LogP contribution in [0.2, 0.25) is 0 Å². The molecule has 0 aromatic carbocycles. The predicted molar refractivity (Wildman–Crippen MR) is 96.6 cm³/mol. The number of unbranched alkanes of at least 4 members (excludes halogenated alkanes) is 4. The first-order valence-electron chi connectivity index (χ1n) is 9.64. The van der Waals surface area contributed by atoms with Crippen molar-refractivity contribution < 1.29 is 24.3 Å².